The Hall–Kier alpha value is -2.55. The van der Waals surface area contributed by atoms with E-state index in [2.05, 4.69) is 5.32 Å². The molecule has 1 aromatic rings. The first-order valence-corrected chi connectivity index (χ1v) is 9.32. The molecule has 0 spiro atoms. The number of likely N-dealkylation sites (N-methyl/N-ethyl adjacent to an activating group) is 1. The number of carbonyl (C=O) groups excluding carboxylic acids is 2. The van der Waals surface area contributed by atoms with E-state index >= 15 is 0 Å². The zero-order valence-electron chi connectivity index (χ0n) is 15.5. The van der Waals surface area contributed by atoms with Gasteiger partial charge in [0.1, 0.15) is 0 Å². The summed E-state index contributed by atoms with van der Waals surface area (Å²) in [6, 6.07) is 3.48. The Balaban J connectivity index is 1.39. The van der Waals surface area contributed by atoms with Gasteiger partial charge >= 0.3 is 12.0 Å². The minimum Gasteiger partial charge on any atom is -0.480 e. The molecule has 0 aromatic carbocycles. The van der Waals surface area contributed by atoms with Crippen molar-refractivity contribution >= 4 is 17.9 Å². The van der Waals surface area contributed by atoms with Crippen LogP contribution in [0.25, 0.3) is 0 Å². The number of carboxylic acid groups (broad SMARTS) is 1. The quantitative estimate of drug-likeness (QED) is 0.754. The van der Waals surface area contributed by atoms with Crippen LogP contribution in [-0.4, -0.2) is 89.1 Å². The van der Waals surface area contributed by atoms with Gasteiger partial charge in [0.15, 0.2) is 5.76 Å². The normalized spacial score (nSPS) is 22.4. The topological polar surface area (TPSA) is 106 Å². The predicted octanol–water partition coefficient (Wildman–Crippen LogP) is 0.685. The highest BCUT2D eigenvalue weighted by molar-refractivity contribution is 5.91. The lowest BCUT2D eigenvalue weighted by atomic mass is 9.85. The van der Waals surface area contributed by atoms with Crippen molar-refractivity contribution in [2.75, 3.05) is 39.3 Å². The van der Waals surface area contributed by atoms with Crippen molar-refractivity contribution in [1.82, 2.24) is 20.0 Å². The van der Waals surface area contributed by atoms with Crippen molar-refractivity contribution in [3.63, 3.8) is 0 Å². The van der Waals surface area contributed by atoms with E-state index in [1.807, 2.05) is 11.8 Å². The third-order valence-electron chi connectivity index (χ3n) is 5.29. The molecular formula is C18H26N4O5. The molecule has 2 fully saturated rings. The van der Waals surface area contributed by atoms with E-state index in [1.54, 1.807) is 21.9 Å². The smallest absolute Gasteiger partial charge is 0.317 e. The van der Waals surface area contributed by atoms with Gasteiger partial charge in [0.25, 0.3) is 5.91 Å². The molecule has 3 rings (SSSR count). The summed E-state index contributed by atoms with van der Waals surface area (Å²) in [5.41, 5.74) is 0. The van der Waals surface area contributed by atoms with Crippen LogP contribution in [0.5, 0.6) is 0 Å². The fraction of sp³-hybridized carbons (Fsp3) is 0.611. The molecule has 148 valence electrons. The molecule has 2 aliphatic rings. The van der Waals surface area contributed by atoms with Crippen molar-refractivity contribution in [3.8, 4) is 0 Å². The maximum atomic E-state index is 12.4. The van der Waals surface area contributed by atoms with Crippen LogP contribution in [0.1, 0.15) is 30.3 Å². The van der Waals surface area contributed by atoms with E-state index in [0.29, 0.717) is 38.5 Å². The van der Waals surface area contributed by atoms with Gasteiger partial charge in [-0.3, -0.25) is 14.5 Å². The predicted molar refractivity (Wildman–Crippen MR) is 96.4 cm³/mol. The molecule has 0 radical (unpaired) electrons. The molecule has 1 aromatic heterocycles. The van der Waals surface area contributed by atoms with Crippen LogP contribution in [0.15, 0.2) is 22.8 Å². The Bertz CT molecular complexity index is 663. The number of rotatable bonds is 6. The van der Waals surface area contributed by atoms with Crippen LogP contribution in [-0.2, 0) is 4.79 Å². The summed E-state index contributed by atoms with van der Waals surface area (Å²) in [7, 11) is 0. The Kier molecular flexibility index (Phi) is 6.00. The number of nitrogens with zero attached hydrogens (tertiary/aromatic N) is 3. The number of nitrogens with one attached hydrogen (secondary N) is 1. The molecule has 9 nitrogen and oxygen atoms in total. The molecule has 1 aliphatic carbocycles. The number of hydrogen-bond acceptors (Lipinski definition) is 5. The molecule has 0 unspecified atom stereocenters. The molecule has 3 amide bonds. The van der Waals surface area contributed by atoms with Gasteiger partial charge in [0.05, 0.1) is 12.8 Å². The van der Waals surface area contributed by atoms with Crippen molar-refractivity contribution in [3.05, 3.63) is 24.2 Å². The fourth-order valence-corrected chi connectivity index (χ4v) is 3.61. The number of carbonyl (C=O) groups is 3. The number of hydrogen-bond donors (Lipinski definition) is 2. The van der Waals surface area contributed by atoms with Gasteiger partial charge in [-0.15, -0.1) is 0 Å². The maximum absolute atomic E-state index is 12.4. The van der Waals surface area contributed by atoms with Gasteiger partial charge in [-0.25, -0.2) is 4.79 Å². The fourth-order valence-electron chi connectivity index (χ4n) is 3.61. The van der Waals surface area contributed by atoms with Crippen molar-refractivity contribution < 1.29 is 23.9 Å². The Morgan fingerprint density at radius 2 is 1.89 bits per heavy atom. The lowest BCUT2D eigenvalue weighted by molar-refractivity contribution is -0.139. The number of furan rings is 1. The first kappa shape index (κ1) is 19.2. The lowest BCUT2D eigenvalue weighted by Crippen LogP contribution is -2.59. The van der Waals surface area contributed by atoms with Crippen LogP contribution in [0.2, 0.25) is 0 Å². The molecule has 9 heteroatoms. The molecule has 27 heavy (non-hydrogen) atoms. The summed E-state index contributed by atoms with van der Waals surface area (Å²) in [4.78, 5) is 40.9. The molecule has 2 heterocycles. The summed E-state index contributed by atoms with van der Waals surface area (Å²) < 4.78 is 5.14. The first-order valence-electron chi connectivity index (χ1n) is 9.32. The molecule has 1 saturated carbocycles. The standard InChI is InChI=1S/C18H26N4O5/c1-2-20(12-16(23)24)14-10-13(11-14)19-18(26)22-7-5-21(6-8-22)17(25)15-4-3-9-27-15/h3-4,9,13-14H,2,5-8,10-12H2,1H3,(H,19,26)(H,23,24). The van der Waals surface area contributed by atoms with E-state index in [9.17, 15) is 14.4 Å². The number of amides is 3. The van der Waals surface area contributed by atoms with Crippen LogP contribution in [0.4, 0.5) is 4.79 Å². The zero-order chi connectivity index (χ0) is 19.4. The highest BCUT2D eigenvalue weighted by atomic mass is 16.4. The number of piperazine rings is 1. The molecule has 1 aliphatic heterocycles. The highest BCUT2D eigenvalue weighted by Crippen LogP contribution is 2.25. The van der Waals surface area contributed by atoms with Crippen molar-refractivity contribution in [2.24, 2.45) is 0 Å². The van der Waals surface area contributed by atoms with Gasteiger partial charge in [-0.2, -0.15) is 0 Å². The van der Waals surface area contributed by atoms with Gasteiger partial charge in [0.2, 0.25) is 0 Å². The molecule has 2 N–H and O–H groups in total. The summed E-state index contributed by atoms with van der Waals surface area (Å²) in [5.74, 6) is -0.665. The lowest BCUT2D eigenvalue weighted by Gasteiger charge is -2.43. The average Bonchev–Trinajstić information content (AvgIpc) is 3.16. The van der Waals surface area contributed by atoms with Gasteiger partial charge in [0, 0.05) is 38.3 Å². The second-order valence-corrected chi connectivity index (χ2v) is 6.99. The zero-order valence-corrected chi connectivity index (χ0v) is 15.5. The number of carboxylic acids is 1. The SMILES string of the molecule is CCN(CC(=O)O)C1CC(NC(=O)N2CCN(C(=O)c3ccco3)CC2)C1. The van der Waals surface area contributed by atoms with Crippen LogP contribution < -0.4 is 5.32 Å². The van der Waals surface area contributed by atoms with E-state index in [4.69, 9.17) is 9.52 Å². The minimum absolute atomic E-state index is 0.0352. The first-order chi connectivity index (χ1) is 13.0. The third-order valence-corrected chi connectivity index (χ3v) is 5.29. The second-order valence-electron chi connectivity index (χ2n) is 6.99. The van der Waals surface area contributed by atoms with E-state index in [1.165, 1.54) is 6.26 Å². The maximum Gasteiger partial charge on any atom is 0.317 e. The van der Waals surface area contributed by atoms with Crippen LogP contribution in [0, 0.1) is 0 Å². The molecule has 0 atom stereocenters. The van der Waals surface area contributed by atoms with Gasteiger partial charge < -0.3 is 24.6 Å². The van der Waals surface area contributed by atoms with Crippen molar-refractivity contribution in [2.45, 2.75) is 31.8 Å². The summed E-state index contributed by atoms with van der Waals surface area (Å²) in [6.07, 6.45) is 3.01. The number of urea groups is 1. The summed E-state index contributed by atoms with van der Waals surface area (Å²) >= 11 is 0. The van der Waals surface area contributed by atoms with Gasteiger partial charge in [-0.1, -0.05) is 6.92 Å². The van der Waals surface area contributed by atoms with Gasteiger partial charge in [-0.05, 0) is 31.5 Å². The summed E-state index contributed by atoms with van der Waals surface area (Å²) in [6.45, 7) is 4.57. The van der Waals surface area contributed by atoms with E-state index < -0.39 is 5.97 Å². The second kappa shape index (κ2) is 8.43. The number of aliphatic carboxylic acids is 1. The Labute approximate surface area is 157 Å². The third kappa shape index (κ3) is 4.60. The monoisotopic (exact) mass is 378 g/mol. The Morgan fingerprint density at radius 1 is 1.22 bits per heavy atom. The molecule has 1 saturated heterocycles. The molecule has 0 bridgehead atoms. The minimum atomic E-state index is -0.827. The van der Waals surface area contributed by atoms with E-state index in [-0.39, 0.29) is 30.6 Å². The van der Waals surface area contributed by atoms with E-state index in [0.717, 1.165) is 12.8 Å². The molecular weight excluding hydrogens is 352 g/mol. The van der Waals surface area contributed by atoms with Crippen LogP contribution in [0.3, 0.4) is 0 Å². The highest BCUT2D eigenvalue weighted by Gasteiger charge is 2.36. The average molecular weight is 378 g/mol. The van der Waals surface area contributed by atoms with Crippen molar-refractivity contribution in [1.29, 1.82) is 0 Å². The Morgan fingerprint density at radius 3 is 2.44 bits per heavy atom. The summed E-state index contributed by atoms with van der Waals surface area (Å²) in [5, 5.41) is 11.9. The van der Waals surface area contributed by atoms with Crippen LogP contribution >= 0.6 is 0 Å². The largest absolute Gasteiger partial charge is 0.480 e.